The minimum absolute atomic E-state index is 0.0721. The van der Waals surface area contributed by atoms with E-state index in [-0.39, 0.29) is 22.6 Å². The molecule has 1 atom stereocenters. The van der Waals surface area contributed by atoms with Gasteiger partial charge in [0, 0.05) is 17.8 Å². The lowest BCUT2D eigenvalue weighted by atomic mass is 10.0. The number of nitrogens with one attached hydrogen (secondary N) is 1. The molecule has 0 bridgehead atoms. The molecule has 3 N–H and O–H groups in total. The van der Waals surface area contributed by atoms with Gasteiger partial charge >= 0.3 is 0 Å². The number of benzene rings is 2. The predicted octanol–water partition coefficient (Wildman–Crippen LogP) is 4.82. The van der Waals surface area contributed by atoms with Crippen LogP contribution in [0.2, 0.25) is 0 Å². The van der Waals surface area contributed by atoms with Crippen LogP contribution >= 0.6 is 11.8 Å². The van der Waals surface area contributed by atoms with Crippen LogP contribution in [0, 0.1) is 0 Å². The topological polar surface area (TPSA) is 97.0 Å². The summed E-state index contributed by atoms with van der Waals surface area (Å²) in [6.45, 7) is 8.70. The predicted molar refractivity (Wildman–Crippen MR) is 132 cm³/mol. The van der Waals surface area contributed by atoms with Crippen molar-refractivity contribution in [3.63, 3.8) is 0 Å². The van der Waals surface area contributed by atoms with Crippen LogP contribution in [0.5, 0.6) is 0 Å². The summed E-state index contributed by atoms with van der Waals surface area (Å²) in [4.78, 5) is 28.0. The number of rotatable bonds is 8. The largest absolute Gasteiger partial charge is 0.368 e. The van der Waals surface area contributed by atoms with E-state index < -0.39 is 0 Å². The van der Waals surface area contributed by atoms with Gasteiger partial charge < -0.3 is 16.0 Å². The number of thioether (sulfide) groups is 1. The highest BCUT2D eigenvalue weighted by Gasteiger charge is 2.27. The van der Waals surface area contributed by atoms with Gasteiger partial charge in [-0.3, -0.25) is 4.79 Å². The number of nitrogens with zero attached hydrogens (tertiary/aromatic N) is 4. The fourth-order valence-electron chi connectivity index (χ4n) is 3.11. The van der Waals surface area contributed by atoms with Crippen LogP contribution in [0.15, 0.2) is 60.7 Å². The maximum Gasteiger partial charge on any atom is 0.233 e. The Hall–Kier alpha value is -3.13. The second-order valence-corrected chi connectivity index (χ2v) is 9.79. The van der Waals surface area contributed by atoms with E-state index in [4.69, 9.17) is 5.73 Å². The van der Waals surface area contributed by atoms with E-state index in [9.17, 15) is 4.79 Å². The van der Waals surface area contributed by atoms with Gasteiger partial charge in [0.05, 0.1) is 11.0 Å². The zero-order valence-corrected chi connectivity index (χ0v) is 19.8. The first-order valence-corrected chi connectivity index (χ1v) is 11.6. The van der Waals surface area contributed by atoms with Gasteiger partial charge in [0.2, 0.25) is 17.8 Å². The molecule has 1 heterocycles. The Bertz CT molecular complexity index is 1020. The molecular weight excluding hydrogens is 420 g/mol. The summed E-state index contributed by atoms with van der Waals surface area (Å²) in [5, 5.41) is 3.02. The standard InChI is InChI=1S/C24H30N6OS/c1-17(21-27-22(25)29-23(28-21)26-19-13-9-6-10-14-19)32-16-20(31)30(24(2,3)4)15-18-11-7-5-8-12-18/h5-14,17H,15-16H2,1-4H3,(H3,25,26,27,28,29). The fourth-order valence-corrected chi connectivity index (χ4v) is 3.91. The van der Waals surface area contributed by atoms with Crippen LogP contribution in [0.1, 0.15) is 44.3 Å². The molecule has 7 nitrogen and oxygen atoms in total. The lowest BCUT2D eigenvalue weighted by Crippen LogP contribution is -2.46. The average molecular weight is 451 g/mol. The Morgan fingerprint density at radius 2 is 1.66 bits per heavy atom. The van der Waals surface area contributed by atoms with E-state index in [0.29, 0.717) is 24.1 Å². The van der Waals surface area contributed by atoms with E-state index in [1.807, 2.05) is 72.5 Å². The van der Waals surface area contributed by atoms with E-state index in [2.05, 4.69) is 41.0 Å². The number of aromatic nitrogens is 3. The van der Waals surface area contributed by atoms with Gasteiger partial charge in [0.1, 0.15) is 5.82 Å². The number of hydrogen-bond donors (Lipinski definition) is 2. The summed E-state index contributed by atoms with van der Waals surface area (Å²) in [5.74, 6) is 1.46. The zero-order chi connectivity index (χ0) is 23.1. The van der Waals surface area contributed by atoms with Gasteiger partial charge in [0.25, 0.3) is 0 Å². The van der Waals surface area contributed by atoms with Crippen molar-refractivity contribution in [3.05, 3.63) is 72.1 Å². The Morgan fingerprint density at radius 1 is 1.03 bits per heavy atom. The maximum absolute atomic E-state index is 13.1. The number of carbonyl (C=O) groups is 1. The molecule has 0 saturated heterocycles. The van der Waals surface area contributed by atoms with Gasteiger partial charge in [-0.15, -0.1) is 11.8 Å². The van der Waals surface area contributed by atoms with Crippen molar-refractivity contribution >= 4 is 35.3 Å². The van der Waals surface area contributed by atoms with Crippen molar-refractivity contribution in [1.82, 2.24) is 19.9 Å². The van der Waals surface area contributed by atoms with Crippen molar-refractivity contribution < 1.29 is 4.79 Å². The molecule has 8 heteroatoms. The Labute approximate surface area is 193 Å². The molecule has 32 heavy (non-hydrogen) atoms. The third-order valence-corrected chi connectivity index (χ3v) is 5.94. The molecule has 0 saturated carbocycles. The van der Waals surface area contributed by atoms with Crippen LogP contribution < -0.4 is 11.1 Å². The molecule has 0 radical (unpaired) electrons. The SMILES string of the molecule is CC(SCC(=O)N(Cc1ccccc1)C(C)(C)C)c1nc(N)nc(Nc2ccccc2)n1. The highest BCUT2D eigenvalue weighted by molar-refractivity contribution is 8.00. The first-order valence-electron chi connectivity index (χ1n) is 10.5. The van der Waals surface area contributed by atoms with Crippen LogP contribution in [0.25, 0.3) is 0 Å². The van der Waals surface area contributed by atoms with Gasteiger partial charge in [-0.25, -0.2) is 0 Å². The first-order chi connectivity index (χ1) is 15.2. The minimum Gasteiger partial charge on any atom is -0.368 e. The lowest BCUT2D eigenvalue weighted by Gasteiger charge is -2.36. The molecule has 3 aromatic rings. The molecule has 1 amide bonds. The Balaban J connectivity index is 1.67. The summed E-state index contributed by atoms with van der Waals surface area (Å²) in [5.41, 5.74) is 7.59. The van der Waals surface area contributed by atoms with Gasteiger partial charge in [-0.2, -0.15) is 15.0 Å². The fraction of sp³-hybridized carbons (Fsp3) is 0.333. The third kappa shape index (κ3) is 6.68. The second kappa shape index (κ2) is 10.5. The van der Waals surface area contributed by atoms with E-state index >= 15 is 0 Å². The first kappa shape index (κ1) is 23.5. The summed E-state index contributed by atoms with van der Waals surface area (Å²) >= 11 is 1.49. The van der Waals surface area contributed by atoms with Crippen LogP contribution in [0.3, 0.4) is 0 Å². The summed E-state index contributed by atoms with van der Waals surface area (Å²) in [7, 11) is 0. The van der Waals surface area contributed by atoms with E-state index in [1.165, 1.54) is 11.8 Å². The van der Waals surface area contributed by atoms with Crippen molar-refractivity contribution in [2.75, 3.05) is 16.8 Å². The maximum atomic E-state index is 13.1. The molecule has 0 aliphatic rings. The molecule has 168 valence electrons. The number of amides is 1. The summed E-state index contributed by atoms with van der Waals surface area (Å²) < 4.78 is 0. The molecule has 3 rings (SSSR count). The van der Waals surface area contributed by atoms with Crippen LogP contribution in [-0.4, -0.2) is 37.1 Å². The normalized spacial score (nSPS) is 12.2. The number of hydrogen-bond acceptors (Lipinski definition) is 7. The molecule has 0 spiro atoms. The molecule has 2 aromatic carbocycles. The molecule has 0 fully saturated rings. The monoisotopic (exact) mass is 450 g/mol. The summed E-state index contributed by atoms with van der Waals surface area (Å²) in [6.07, 6.45) is 0. The number of anilines is 3. The van der Waals surface area contributed by atoms with Crippen LogP contribution in [0.4, 0.5) is 17.6 Å². The van der Waals surface area contributed by atoms with Crippen LogP contribution in [-0.2, 0) is 11.3 Å². The molecule has 1 unspecified atom stereocenters. The number of carbonyl (C=O) groups excluding carboxylic acids is 1. The highest BCUT2D eigenvalue weighted by atomic mass is 32.2. The average Bonchev–Trinajstić information content (AvgIpc) is 2.76. The van der Waals surface area contributed by atoms with Gasteiger partial charge in [-0.1, -0.05) is 48.5 Å². The Morgan fingerprint density at radius 3 is 2.28 bits per heavy atom. The lowest BCUT2D eigenvalue weighted by molar-refractivity contribution is -0.133. The molecule has 1 aromatic heterocycles. The quantitative estimate of drug-likeness (QED) is 0.508. The van der Waals surface area contributed by atoms with E-state index in [0.717, 1.165) is 11.3 Å². The van der Waals surface area contributed by atoms with Crippen molar-refractivity contribution in [3.8, 4) is 0 Å². The third-order valence-electron chi connectivity index (χ3n) is 4.81. The minimum atomic E-state index is -0.291. The molecule has 0 aliphatic heterocycles. The second-order valence-electron chi connectivity index (χ2n) is 8.46. The molecule has 0 aliphatic carbocycles. The van der Waals surface area contributed by atoms with Crippen molar-refractivity contribution in [2.45, 2.75) is 45.0 Å². The smallest absolute Gasteiger partial charge is 0.233 e. The zero-order valence-electron chi connectivity index (χ0n) is 18.9. The summed E-state index contributed by atoms with van der Waals surface area (Å²) in [6, 6.07) is 19.7. The Kier molecular flexibility index (Phi) is 7.69. The molecular formula is C24H30N6OS. The highest BCUT2D eigenvalue weighted by Crippen LogP contribution is 2.28. The number of para-hydroxylation sites is 1. The number of nitrogens with two attached hydrogens (primary N) is 1. The van der Waals surface area contributed by atoms with Crippen molar-refractivity contribution in [1.29, 1.82) is 0 Å². The van der Waals surface area contributed by atoms with Gasteiger partial charge in [0.15, 0.2) is 0 Å². The van der Waals surface area contributed by atoms with Gasteiger partial charge in [-0.05, 0) is 45.4 Å². The number of nitrogen functional groups attached to an aromatic ring is 1. The van der Waals surface area contributed by atoms with Crippen molar-refractivity contribution in [2.24, 2.45) is 0 Å². The van der Waals surface area contributed by atoms with E-state index in [1.54, 1.807) is 0 Å².